The number of rotatable bonds is 10. The third-order valence-electron chi connectivity index (χ3n) is 3.53. The average molecular weight is 382 g/mol. The molecule has 0 heterocycles. The fourth-order valence-electron chi connectivity index (χ4n) is 2.25. The molecular weight excluding hydrogens is 358 g/mol. The Balaban J connectivity index is 2.52. The van der Waals surface area contributed by atoms with Crippen LogP contribution in [0.1, 0.15) is 48.9 Å². The summed E-state index contributed by atoms with van der Waals surface area (Å²) in [5, 5.41) is 2.76. The van der Waals surface area contributed by atoms with Crippen molar-refractivity contribution in [2.45, 2.75) is 44.6 Å². The molecule has 1 amide bonds. The standard InChI is InChI=1S/C18H24BrNO3/c1-3-4-5-6-7-8-12-16(18(22)23-2)20-17(21)14-10-9-11-15(19)13-14/h3,9-11,13,16H,1,4-8,12H2,2H3,(H,20,21)/t16-/m1/s1. The molecule has 0 bridgehead atoms. The molecule has 1 atom stereocenters. The first-order chi connectivity index (χ1) is 11.1. The van der Waals surface area contributed by atoms with E-state index in [-0.39, 0.29) is 5.91 Å². The summed E-state index contributed by atoms with van der Waals surface area (Å²) in [7, 11) is 1.34. The number of halogens is 1. The van der Waals surface area contributed by atoms with Gasteiger partial charge in [-0.2, -0.15) is 0 Å². The van der Waals surface area contributed by atoms with Crippen LogP contribution in [-0.2, 0) is 9.53 Å². The van der Waals surface area contributed by atoms with Gasteiger partial charge in [0, 0.05) is 10.0 Å². The van der Waals surface area contributed by atoms with Crippen LogP contribution in [0.15, 0.2) is 41.4 Å². The lowest BCUT2D eigenvalue weighted by Crippen LogP contribution is -2.41. The molecule has 126 valence electrons. The van der Waals surface area contributed by atoms with Gasteiger partial charge < -0.3 is 10.1 Å². The van der Waals surface area contributed by atoms with Crippen LogP contribution in [-0.4, -0.2) is 25.0 Å². The number of allylic oxidation sites excluding steroid dienone is 1. The Morgan fingerprint density at radius 3 is 2.70 bits per heavy atom. The summed E-state index contributed by atoms with van der Waals surface area (Å²) >= 11 is 3.33. The Bertz CT molecular complexity index is 531. The first-order valence-electron chi connectivity index (χ1n) is 7.83. The van der Waals surface area contributed by atoms with Crippen molar-refractivity contribution in [1.82, 2.24) is 5.32 Å². The summed E-state index contributed by atoms with van der Waals surface area (Å²) in [5.41, 5.74) is 0.513. The van der Waals surface area contributed by atoms with E-state index in [9.17, 15) is 9.59 Å². The SMILES string of the molecule is C=CCCCCCC[C@@H](NC(=O)c1cccc(Br)c1)C(=O)OC. The molecular formula is C18H24BrNO3. The maximum atomic E-state index is 12.3. The van der Waals surface area contributed by atoms with E-state index < -0.39 is 12.0 Å². The Morgan fingerprint density at radius 1 is 1.30 bits per heavy atom. The van der Waals surface area contributed by atoms with Gasteiger partial charge in [0.2, 0.25) is 0 Å². The number of nitrogens with one attached hydrogen (secondary N) is 1. The molecule has 1 N–H and O–H groups in total. The van der Waals surface area contributed by atoms with Crippen molar-refractivity contribution in [3.63, 3.8) is 0 Å². The molecule has 0 aliphatic carbocycles. The maximum Gasteiger partial charge on any atom is 0.328 e. The largest absolute Gasteiger partial charge is 0.467 e. The lowest BCUT2D eigenvalue weighted by molar-refractivity contribution is -0.143. The van der Waals surface area contributed by atoms with E-state index in [1.807, 2.05) is 12.1 Å². The number of ether oxygens (including phenoxy) is 1. The Hall–Kier alpha value is -1.62. The monoisotopic (exact) mass is 381 g/mol. The summed E-state index contributed by atoms with van der Waals surface area (Å²) in [6.45, 7) is 3.70. The quantitative estimate of drug-likeness (QED) is 0.374. The van der Waals surface area contributed by atoms with Gasteiger partial charge in [-0.3, -0.25) is 4.79 Å². The minimum atomic E-state index is -0.606. The highest BCUT2D eigenvalue weighted by Crippen LogP contribution is 2.13. The van der Waals surface area contributed by atoms with Crippen LogP contribution in [0.4, 0.5) is 0 Å². The molecule has 1 aromatic rings. The summed E-state index contributed by atoms with van der Waals surface area (Å²) in [4.78, 5) is 24.1. The van der Waals surface area contributed by atoms with E-state index in [1.165, 1.54) is 7.11 Å². The number of amides is 1. The van der Waals surface area contributed by atoms with Gasteiger partial charge in [0.1, 0.15) is 6.04 Å². The number of carbonyl (C=O) groups is 2. The molecule has 0 spiro atoms. The first-order valence-corrected chi connectivity index (χ1v) is 8.63. The van der Waals surface area contributed by atoms with Crippen molar-refractivity contribution in [1.29, 1.82) is 0 Å². The number of benzene rings is 1. The van der Waals surface area contributed by atoms with E-state index in [1.54, 1.807) is 18.2 Å². The number of unbranched alkanes of at least 4 members (excludes halogenated alkanes) is 4. The highest BCUT2D eigenvalue weighted by molar-refractivity contribution is 9.10. The van der Waals surface area contributed by atoms with Crippen LogP contribution in [0.5, 0.6) is 0 Å². The zero-order chi connectivity index (χ0) is 17.1. The zero-order valence-corrected chi connectivity index (χ0v) is 15.1. The average Bonchev–Trinajstić information content (AvgIpc) is 2.56. The fourth-order valence-corrected chi connectivity index (χ4v) is 2.65. The molecule has 0 saturated carbocycles. The van der Waals surface area contributed by atoms with E-state index in [0.717, 1.165) is 36.6 Å². The molecule has 0 unspecified atom stereocenters. The van der Waals surface area contributed by atoms with Crippen molar-refractivity contribution >= 4 is 27.8 Å². The zero-order valence-electron chi connectivity index (χ0n) is 13.5. The maximum absolute atomic E-state index is 12.3. The van der Waals surface area contributed by atoms with Crippen LogP contribution in [0.25, 0.3) is 0 Å². The topological polar surface area (TPSA) is 55.4 Å². The second kappa shape index (κ2) is 11.0. The number of methoxy groups -OCH3 is 1. The highest BCUT2D eigenvalue weighted by Gasteiger charge is 2.21. The minimum Gasteiger partial charge on any atom is -0.467 e. The van der Waals surface area contributed by atoms with E-state index >= 15 is 0 Å². The predicted octanol–water partition coefficient (Wildman–Crippen LogP) is 4.25. The summed E-state index contributed by atoms with van der Waals surface area (Å²) < 4.78 is 5.61. The van der Waals surface area contributed by atoms with Crippen molar-refractivity contribution < 1.29 is 14.3 Å². The fraction of sp³-hybridized carbons (Fsp3) is 0.444. The predicted molar refractivity (Wildman–Crippen MR) is 95.3 cm³/mol. The molecule has 0 aromatic heterocycles. The normalized spacial score (nSPS) is 11.6. The number of hydrogen-bond acceptors (Lipinski definition) is 3. The van der Waals surface area contributed by atoms with Crippen molar-refractivity contribution in [2.75, 3.05) is 7.11 Å². The van der Waals surface area contributed by atoms with Gasteiger partial charge in [-0.15, -0.1) is 6.58 Å². The van der Waals surface area contributed by atoms with Crippen molar-refractivity contribution in [3.05, 3.63) is 47.0 Å². The van der Waals surface area contributed by atoms with E-state index in [2.05, 4.69) is 27.8 Å². The lowest BCUT2D eigenvalue weighted by atomic mass is 10.1. The lowest BCUT2D eigenvalue weighted by Gasteiger charge is -2.16. The van der Waals surface area contributed by atoms with E-state index in [4.69, 9.17) is 4.74 Å². The van der Waals surface area contributed by atoms with Crippen molar-refractivity contribution in [3.8, 4) is 0 Å². The van der Waals surface area contributed by atoms with Gasteiger partial charge in [0.05, 0.1) is 7.11 Å². The van der Waals surface area contributed by atoms with Crippen molar-refractivity contribution in [2.24, 2.45) is 0 Å². The molecule has 4 nitrogen and oxygen atoms in total. The number of carbonyl (C=O) groups excluding carboxylic acids is 2. The molecule has 0 radical (unpaired) electrons. The number of esters is 1. The van der Waals surface area contributed by atoms with Gasteiger partial charge in [-0.25, -0.2) is 4.79 Å². The van der Waals surface area contributed by atoms with Gasteiger partial charge in [-0.1, -0.05) is 47.3 Å². The molecule has 0 fully saturated rings. The van der Waals surface area contributed by atoms with Crippen LogP contribution in [0.2, 0.25) is 0 Å². The third kappa shape index (κ3) is 7.46. The second-order valence-corrected chi connectivity index (χ2v) is 6.26. The van der Waals surface area contributed by atoms with Gasteiger partial charge >= 0.3 is 5.97 Å². The third-order valence-corrected chi connectivity index (χ3v) is 4.02. The van der Waals surface area contributed by atoms with Crippen LogP contribution in [0, 0.1) is 0 Å². The molecule has 1 aromatic carbocycles. The Morgan fingerprint density at radius 2 is 2.04 bits per heavy atom. The molecule has 5 heteroatoms. The smallest absolute Gasteiger partial charge is 0.328 e. The van der Waals surface area contributed by atoms with Crippen LogP contribution in [0.3, 0.4) is 0 Å². The number of hydrogen-bond donors (Lipinski definition) is 1. The molecule has 0 saturated heterocycles. The molecule has 0 aliphatic rings. The highest BCUT2D eigenvalue weighted by atomic mass is 79.9. The molecule has 0 aliphatic heterocycles. The van der Waals surface area contributed by atoms with E-state index in [0.29, 0.717) is 12.0 Å². The van der Waals surface area contributed by atoms with Crippen LogP contribution >= 0.6 is 15.9 Å². The molecule has 1 rings (SSSR count). The summed E-state index contributed by atoms with van der Waals surface area (Å²) in [5.74, 6) is -0.673. The van der Waals surface area contributed by atoms with Gasteiger partial charge in [-0.05, 0) is 37.5 Å². The summed E-state index contributed by atoms with van der Waals surface area (Å²) in [6, 6.07) is 6.46. The minimum absolute atomic E-state index is 0.270. The second-order valence-electron chi connectivity index (χ2n) is 5.34. The summed E-state index contributed by atoms with van der Waals surface area (Å²) in [6.07, 6.45) is 7.61. The first kappa shape index (κ1) is 19.4. The molecule has 23 heavy (non-hydrogen) atoms. The van der Waals surface area contributed by atoms with Gasteiger partial charge in [0.15, 0.2) is 0 Å². The van der Waals surface area contributed by atoms with Crippen LogP contribution < -0.4 is 5.32 Å². The van der Waals surface area contributed by atoms with Gasteiger partial charge in [0.25, 0.3) is 5.91 Å². The Labute approximate surface area is 146 Å². The Kier molecular flexibility index (Phi) is 9.29.